The first kappa shape index (κ1) is 9.54. The van der Waals surface area contributed by atoms with Gasteiger partial charge in [-0.05, 0) is 24.3 Å². The van der Waals surface area contributed by atoms with Gasteiger partial charge in [-0.3, -0.25) is 0 Å². The number of hydrogen-bond acceptors (Lipinski definition) is 3. The summed E-state index contributed by atoms with van der Waals surface area (Å²) in [5.74, 6) is -0.451. The molecule has 0 aromatic heterocycles. The van der Waals surface area contributed by atoms with Crippen LogP contribution >= 0.6 is 12.6 Å². The van der Waals surface area contributed by atoms with Gasteiger partial charge in [0.25, 0.3) is 0 Å². The molecule has 0 spiro atoms. The molecule has 1 rings (SSSR count). The zero-order valence-corrected chi connectivity index (χ0v) is 7.78. The maximum Gasteiger partial charge on any atom is 0.187 e. The molecule has 0 bridgehead atoms. The average Bonchev–Trinajstić information content (AvgIpc) is 2.05. The van der Waals surface area contributed by atoms with Crippen molar-refractivity contribution in [2.24, 2.45) is 0 Å². The van der Waals surface area contributed by atoms with Crippen molar-refractivity contribution in [3.8, 4) is 0 Å². The van der Waals surface area contributed by atoms with Gasteiger partial charge in [-0.25, -0.2) is 12.8 Å². The number of hydrogen-bond donors (Lipinski definition) is 1. The molecule has 0 aliphatic heterocycles. The van der Waals surface area contributed by atoms with E-state index >= 15 is 0 Å². The van der Waals surface area contributed by atoms with Gasteiger partial charge in [0, 0.05) is 0 Å². The number of thiol groups is 1. The highest BCUT2D eigenvalue weighted by molar-refractivity contribution is 8.03. The van der Waals surface area contributed by atoms with Crippen molar-refractivity contribution in [1.29, 1.82) is 0 Å². The Labute approximate surface area is 75.7 Å². The summed E-state index contributed by atoms with van der Waals surface area (Å²) >= 11 is 3.66. The summed E-state index contributed by atoms with van der Waals surface area (Å²) in [5, 5.41) is -0.265. The van der Waals surface area contributed by atoms with Crippen molar-refractivity contribution in [1.82, 2.24) is 0 Å². The Bertz CT molecular complexity index is 355. The zero-order chi connectivity index (χ0) is 9.19. The Balaban J connectivity index is 3.14. The molecule has 0 N–H and O–H groups in total. The minimum atomic E-state index is -3.32. The zero-order valence-electron chi connectivity index (χ0n) is 6.07. The van der Waals surface area contributed by atoms with Gasteiger partial charge < -0.3 is 0 Å². The van der Waals surface area contributed by atoms with E-state index in [1.165, 1.54) is 12.1 Å². The van der Waals surface area contributed by atoms with Crippen molar-refractivity contribution in [3.05, 3.63) is 30.1 Å². The van der Waals surface area contributed by atoms with E-state index in [1.807, 2.05) is 0 Å². The van der Waals surface area contributed by atoms with Gasteiger partial charge in [0.1, 0.15) is 5.82 Å². The van der Waals surface area contributed by atoms with E-state index in [4.69, 9.17) is 0 Å². The second kappa shape index (κ2) is 3.45. The molecule has 0 radical (unpaired) electrons. The van der Waals surface area contributed by atoms with Crippen LogP contribution in [0.15, 0.2) is 29.2 Å². The first-order valence-corrected chi connectivity index (χ1v) is 5.44. The molecule has 2 nitrogen and oxygen atoms in total. The summed E-state index contributed by atoms with van der Waals surface area (Å²) in [6, 6.07) is 4.66. The lowest BCUT2D eigenvalue weighted by Gasteiger charge is -1.98. The number of halogens is 1. The molecule has 0 fully saturated rings. The highest BCUT2D eigenvalue weighted by Gasteiger charge is 2.10. The molecular weight excluding hydrogens is 199 g/mol. The lowest BCUT2D eigenvalue weighted by molar-refractivity contribution is 0.599. The van der Waals surface area contributed by atoms with E-state index in [9.17, 15) is 12.8 Å². The smallest absolute Gasteiger partial charge is 0.187 e. The normalized spacial score (nSPS) is 11.5. The van der Waals surface area contributed by atoms with Gasteiger partial charge in [0.2, 0.25) is 0 Å². The quantitative estimate of drug-likeness (QED) is 0.587. The lowest BCUT2D eigenvalue weighted by Crippen LogP contribution is -2.01. The van der Waals surface area contributed by atoms with Crippen LogP contribution in [0.3, 0.4) is 0 Å². The highest BCUT2D eigenvalue weighted by atomic mass is 32.2. The monoisotopic (exact) mass is 206 g/mol. The Hall–Kier alpha value is -0.550. The maximum absolute atomic E-state index is 12.4. The third-order valence-electron chi connectivity index (χ3n) is 1.34. The third-order valence-corrected chi connectivity index (χ3v) is 3.69. The topological polar surface area (TPSA) is 34.1 Å². The molecule has 0 saturated carbocycles. The first-order valence-electron chi connectivity index (χ1n) is 3.15. The SMILES string of the molecule is O=S(=O)(CS)c1ccc(F)cc1. The van der Waals surface area contributed by atoms with Gasteiger partial charge in [0.05, 0.1) is 9.98 Å². The van der Waals surface area contributed by atoms with E-state index in [1.54, 1.807) is 0 Å². The van der Waals surface area contributed by atoms with E-state index < -0.39 is 15.7 Å². The van der Waals surface area contributed by atoms with Crippen LogP contribution in [0.5, 0.6) is 0 Å². The maximum atomic E-state index is 12.4. The summed E-state index contributed by atoms with van der Waals surface area (Å²) in [6.07, 6.45) is 0. The number of rotatable bonds is 2. The van der Waals surface area contributed by atoms with Crippen molar-refractivity contribution in [2.75, 3.05) is 5.08 Å². The van der Waals surface area contributed by atoms with Crippen LogP contribution < -0.4 is 0 Å². The van der Waals surface area contributed by atoms with Gasteiger partial charge in [-0.2, -0.15) is 12.6 Å². The summed E-state index contributed by atoms with van der Waals surface area (Å²) in [4.78, 5) is 0.0962. The van der Waals surface area contributed by atoms with Gasteiger partial charge in [-0.1, -0.05) is 0 Å². The van der Waals surface area contributed by atoms with Crippen LogP contribution in [-0.4, -0.2) is 13.5 Å². The molecule has 0 unspecified atom stereocenters. The van der Waals surface area contributed by atoms with Crippen LogP contribution in [0.2, 0.25) is 0 Å². The summed E-state index contributed by atoms with van der Waals surface area (Å²) in [5.41, 5.74) is 0. The molecular formula is C7H7FO2S2. The lowest BCUT2D eigenvalue weighted by atomic mass is 10.4. The van der Waals surface area contributed by atoms with E-state index in [0.29, 0.717) is 0 Å². The fourth-order valence-electron chi connectivity index (χ4n) is 0.716. The fourth-order valence-corrected chi connectivity index (χ4v) is 1.86. The molecule has 0 aliphatic carbocycles. The van der Waals surface area contributed by atoms with Gasteiger partial charge >= 0.3 is 0 Å². The van der Waals surface area contributed by atoms with Crippen LogP contribution in [-0.2, 0) is 9.84 Å². The molecule has 0 aliphatic rings. The van der Waals surface area contributed by atoms with Crippen LogP contribution in [0, 0.1) is 5.82 Å². The Kier molecular flexibility index (Phi) is 2.74. The van der Waals surface area contributed by atoms with Crippen molar-refractivity contribution in [2.45, 2.75) is 4.90 Å². The first-order chi connectivity index (χ1) is 5.56. The molecule has 0 atom stereocenters. The molecule has 1 aromatic rings. The molecule has 0 heterocycles. The standard InChI is InChI=1S/C7H7FO2S2/c8-6-1-3-7(4-2-6)12(9,10)5-11/h1-4,11H,5H2. The molecule has 1 aromatic carbocycles. The summed E-state index contributed by atoms with van der Waals surface area (Å²) in [7, 11) is -3.32. The highest BCUT2D eigenvalue weighted by Crippen LogP contribution is 2.12. The Morgan fingerprint density at radius 3 is 2.17 bits per heavy atom. The third kappa shape index (κ3) is 1.98. The van der Waals surface area contributed by atoms with Gasteiger partial charge in [-0.15, -0.1) is 0 Å². The molecule has 0 saturated heterocycles. The fraction of sp³-hybridized carbons (Fsp3) is 0.143. The van der Waals surface area contributed by atoms with Gasteiger partial charge in [0.15, 0.2) is 9.84 Å². The number of sulfone groups is 1. The predicted molar refractivity (Wildman–Crippen MR) is 47.4 cm³/mol. The van der Waals surface area contributed by atoms with E-state index in [2.05, 4.69) is 12.6 Å². The largest absolute Gasteiger partial charge is 0.223 e. The van der Waals surface area contributed by atoms with Crippen molar-refractivity contribution < 1.29 is 12.8 Å². The Morgan fingerprint density at radius 1 is 1.25 bits per heavy atom. The molecule has 12 heavy (non-hydrogen) atoms. The second-order valence-electron chi connectivity index (χ2n) is 2.20. The van der Waals surface area contributed by atoms with E-state index in [-0.39, 0.29) is 9.98 Å². The molecule has 0 amide bonds. The van der Waals surface area contributed by atoms with Crippen LogP contribution in [0.4, 0.5) is 4.39 Å². The van der Waals surface area contributed by atoms with Crippen molar-refractivity contribution >= 4 is 22.5 Å². The summed E-state index contributed by atoms with van der Waals surface area (Å²) < 4.78 is 34.6. The number of benzene rings is 1. The minimum Gasteiger partial charge on any atom is -0.223 e. The minimum absolute atomic E-state index is 0.0962. The molecule has 66 valence electrons. The van der Waals surface area contributed by atoms with Crippen LogP contribution in [0.25, 0.3) is 0 Å². The Morgan fingerprint density at radius 2 is 1.75 bits per heavy atom. The second-order valence-corrected chi connectivity index (χ2v) is 4.93. The molecule has 5 heteroatoms. The van der Waals surface area contributed by atoms with E-state index in [0.717, 1.165) is 12.1 Å². The predicted octanol–water partition coefficient (Wildman–Crippen LogP) is 1.49. The van der Waals surface area contributed by atoms with Crippen molar-refractivity contribution in [3.63, 3.8) is 0 Å². The average molecular weight is 206 g/mol. The van der Waals surface area contributed by atoms with Crippen LogP contribution in [0.1, 0.15) is 0 Å². The summed E-state index contributed by atoms with van der Waals surface area (Å²) in [6.45, 7) is 0.